The zero-order valence-electron chi connectivity index (χ0n) is 15.9. The molecule has 3 rings (SSSR count). The molecule has 29 heavy (non-hydrogen) atoms. The maximum absolute atomic E-state index is 12.3. The van der Waals surface area contributed by atoms with E-state index in [0.29, 0.717) is 30.2 Å². The third-order valence-corrected chi connectivity index (χ3v) is 6.53. The fourth-order valence-corrected chi connectivity index (χ4v) is 4.76. The van der Waals surface area contributed by atoms with Gasteiger partial charge in [-0.05, 0) is 37.0 Å². The van der Waals surface area contributed by atoms with Crippen molar-refractivity contribution in [1.29, 1.82) is 0 Å². The summed E-state index contributed by atoms with van der Waals surface area (Å²) < 4.78 is 27.1. The van der Waals surface area contributed by atoms with Crippen LogP contribution in [-0.4, -0.2) is 25.9 Å². The first kappa shape index (κ1) is 21.0. The van der Waals surface area contributed by atoms with Gasteiger partial charge < -0.3 is 5.32 Å². The van der Waals surface area contributed by atoms with Crippen LogP contribution < -0.4 is 10.0 Å². The van der Waals surface area contributed by atoms with Gasteiger partial charge in [-0.25, -0.2) is 13.4 Å². The molecule has 0 saturated carbocycles. The number of hydrogen-bond acceptors (Lipinski definition) is 5. The van der Waals surface area contributed by atoms with Crippen LogP contribution >= 0.6 is 11.3 Å². The molecule has 0 saturated heterocycles. The van der Waals surface area contributed by atoms with Crippen molar-refractivity contribution in [2.45, 2.75) is 30.6 Å². The Morgan fingerprint density at radius 2 is 1.66 bits per heavy atom. The third kappa shape index (κ3) is 6.69. The summed E-state index contributed by atoms with van der Waals surface area (Å²) in [5.74, 6) is -0.0301. The van der Waals surface area contributed by atoms with Crippen molar-refractivity contribution < 1.29 is 13.2 Å². The quantitative estimate of drug-likeness (QED) is 0.482. The van der Waals surface area contributed by atoms with Gasteiger partial charge in [-0.15, -0.1) is 11.3 Å². The fraction of sp³-hybridized carbons (Fsp3) is 0.238. The van der Waals surface area contributed by atoms with Crippen molar-refractivity contribution >= 4 is 32.4 Å². The zero-order chi connectivity index (χ0) is 20.5. The van der Waals surface area contributed by atoms with Crippen molar-refractivity contribution in [2.75, 3.05) is 11.3 Å². The highest BCUT2D eigenvalue weighted by Crippen LogP contribution is 2.20. The molecular weight excluding hydrogens is 406 g/mol. The average Bonchev–Trinajstić information content (AvgIpc) is 3.18. The van der Waals surface area contributed by atoms with Gasteiger partial charge in [-0.1, -0.05) is 48.5 Å². The van der Waals surface area contributed by atoms with Crippen molar-refractivity contribution in [1.82, 2.24) is 10.3 Å². The number of rotatable bonds is 10. The van der Waals surface area contributed by atoms with Gasteiger partial charge in [0.15, 0.2) is 5.13 Å². The molecule has 0 aliphatic rings. The Morgan fingerprint density at radius 1 is 0.966 bits per heavy atom. The zero-order valence-corrected chi connectivity index (χ0v) is 17.5. The molecule has 0 bridgehead atoms. The van der Waals surface area contributed by atoms with Gasteiger partial charge in [0.2, 0.25) is 5.91 Å². The smallest absolute Gasteiger partial charge is 0.263 e. The standard InChI is InChI=1S/C21H23N3O3S2/c25-20(22-15-7-10-17-8-3-1-4-9-17)14-13-18-16-28-21(23-18)24-29(26,27)19-11-5-2-6-12-19/h1-6,8-9,11-12,16H,7,10,13-15H2,(H,22,25)(H,23,24). The average molecular weight is 430 g/mol. The molecule has 2 aromatic carbocycles. The number of anilines is 1. The summed E-state index contributed by atoms with van der Waals surface area (Å²) in [5, 5.41) is 4.98. The normalized spacial score (nSPS) is 11.2. The largest absolute Gasteiger partial charge is 0.356 e. The van der Waals surface area contributed by atoms with E-state index in [1.54, 1.807) is 23.6 Å². The van der Waals surface area contributed by atoms with Crippen LogP contribution in [0.5, 0.6) is 0 Å². The molecule has 0 aliphatic heterocycles. The van der Waals surface area contributed by atoms with Crippen LogP contribution in [-0.2, 0) is 27.7 Å². The number of amides is 1. The van der Waals surface area contributed by atoms with Gasteiger partial charge in [-0.3, -0.25) is 9.52 Å². The molecule has 152 valence electrons. The summed E-state index contributed by atoms with van der Waals surface area (Å²) in [6.45, 7) is 0.632. The first-order valence-corrected chi connectivity index (χ1v) is 11.7. The number of sulfonamides is 1. The van der Waals surface area contributed by atoms with Crippen LogP contribution in [0.3, 0.4) is 0 Å². The first-order valence-electron chi connectivity index (χ1n) is 9.36. The molecule has 0 fully saturated rings. The van der Waals surface area contributed by atoms with E-state index >= 15 is 0 Å². The SMILES string of the molecule is O=C(CCc1csc(NS(=O)(=O)c2ccccc2)n1)NCCCc1ccccc1. The van der Waals surface area contributed by atoms with Crippen molar-refractivity contribution in [3.05, 3.63) is 77.3 Å². The molecule has 6 nitrogen and oxygen atoms in total. The lowest BCUT2D eigenvalue weighted by molar-refractivity contribution is -0.121. The monoisotopic (exact) mass is 429 g/mol. The lowest BCUT2D eigenvalue weighted by atomic mass is 10.1. The molecule has 1 aromatic heterocycles. The van der Waals surface area contributed by atoms with Crippen molar-refractivity contribution in [3.8, 4) is 0 Å². The predicted molar refractivity (Wildman–Crippen MR) is 115 cm³/mol. The van der Waals surface area contributed by atoms with Gasteiger partial charge in [-0.2, -0.15) is 0 Å². The van der Waals surface area contributed by atoms with E-state index in [-0.39, 0.29) is 10.8 Å². The Bertz CT molecular complexity index is 1020. The Balaban J connectivity index is 1.40. The van der Waals surface area contributed by atoms with E-state index in [1.807, 2.05) is 18.2 Å². The van der Waals surface area contributed by atoms with Crippen LogP contribution in [0, 0.1) is 0 Å². The number of aryl methyl sites for hydroxylation is 2. The molecule has 1 amide bonds. The summed E-state index contributed by atoms with van der Waals surface area (Å²) in [7, 11) is -3.65. The maximum atomic E-state index is 12.3. The topological polar surface area (TPSA) is 88.2 Å². The summed E-state index contributed by atoms with van der Waals surface area (Å²) in [6.07, 6.45) is 2.60. The first-order chi connectivity index (χ1) is 14.0. The van der Waals surface area contributed by atoms with Crippen molar-refractivity contribution in [3.63, 3.8) is 0 Å². The number of carbonyl (C=O) groups is 1. The second kappa shape index (κ2) is 10.2. The van der Waals surface area contributed by atoms with Gasteiger partial charge in [0, 0.05) is 18.3 Å². The molecule has 0 spiro atoms. The third-order valence-electron chi connectivity index (χ3n) is 4.24. The molecule has 0 atom stereocenters. The molecule has 0 radical (unpaired) electrons. The number of hydrogen-bond donors (Lipinski definition) is 2. The second-order valence-electron chi connectivity index (χ2n) is 6.50. The van der Waals surface area contributed by atoms with Crippen LogP contribution in [0.2, 0.25) is 0 Å². The number of nitrogens with one attached hydrogen (secondary N) is 2. The Labute approximate surface area is 175 Å². The minimum atomic E-state index is -3.65. The van der Waals surface area contributed by atoms with E-state index in [1.165, 1.54) is 29.0 Å². The van der Waals surface area contributed by atoms with E-state index < -0.39 is 10.0 Å². The number of benzene rings is 2. The highest BCUT2D eigenvalue weighted by atomic mass is 32.2. The van der Waals surface area contributed by atoms with Crippen LogP contribution in [0.25, 0.3) is 0 Å². The van der Waals surface area contributed by atoms with E-state index in [2.05, 4.69) is 27.2 Å². The predicted octanol–water partition coefficient (Wildman–Crippen LogP) is 3.63. The van der Waals surface area contributed by atoms with E-state index in [0.717, 1.165) is 12.8 Å². The molecule has 0 aliphatic carbocycles. The summed E-state index contributed by atoms with van der Waals surface area (Å²) in [4.78, 5) is 16.5. The Kier molecular flexibility index (Phi) is 7.37. The van der Waals surface area contributed by atoms with E-state index in [9.17, 15) is 13.2 Å². The van der Waals surface area contributed by atoms with Gasteiger partial charge in [0.05, 0.1) is 10.6 Å². The van der Waals surface area contributed by atoms with Gasteiger partial charge in [0.1, 0.15) is 0 Å². The van der Waals surface area contributed by atoms with E-state index in [4.69, 9.17) is 0 Å². The summed E-state index contributed by atoms with van der Waals surface area (Å²) in [5.41, 5.74) is 1.95. The lowest BCUT2D eigenvalue weighted by Gasteiger charge is -2.05. The van der Waals surface area contributed by atoms with Crippen molar-refractivity contribution in [2.24, 2.45) is 0 Å². The Morgan fingerprint density at radius 3 is 2.38 bits per heavy atom. The highest BCUT2D eigenvalue weighted by molar-refractivity contribution is 7.93. The minimum absolute atomic E-state index is 0.0301. The molecule has 2 N–H and O–H groups in total. The molecule has 3 aromatic rings. The van der Waals surface area contributed by atoms with Gasteiger partial charge >= 0.3 is 0 Å². The second-order valence-corrected chi connectivity index (χ2v) is 9.04. The minimum Gasteiger partial charge on any atom is -0.356 e. The summed E-state index contributed by atoms with van der Waals surface area (Å²) >= 11 is 1.21. The summed E-state index contributed by atoms with van der Waals surface area (Å²) in [6, 6.07) is 18.3. The molecule has 8 heteroatoms. The number of nitrogens with zero attached hydrogens (tertiary/aromatic N) is 1. The number of aromatic nitrogens is 1. The highest BCUT2D eigenvalue weighted by Gasteiger charge is 2.15. The van der Waals surface area contributed by atoms with Crippen LogP contribution in [0.4, 0.5) is 5.13 Å². The Hall–Kier alpha value is -2.71. The van der Waals surface area contributed by atoms with Crippen LogP contribution in [0.15, 0.2) is 70.9 Å². The molecular formula is C21H23N3O3S2. The number of thiazole rings is 1. The maximum Gasteiger partial charge on any atom is 0.263 e. The number of carbonyl (C=O) groups excluding carboxylic acids is 1. The lowest BCUT2D eigenvalue weighted by Crippen LogP contribution is -2.25. The fourth-order valence-electron chi connectivity index (χ4n) is 2.74. The van der Waals surface area contributed by atoms with Crippen LogP contribution in [0.1, 0.15) is 24.1 Å². The molecule has 1 heterocycles. The molecule has 0 unspecified atom stereocenters. The van der Waals surface area contributed by atoms with Gasteiger partial charge in [0.25, 0.3) is 10.0 Å².